The average Bonchev–Trinajstić information content (AvgIpc) is 2.75. The molecule has 3 aromatic rings. The summed E-state index contributed by atoms with van der Waals surface area (Å²) in [7, 11) is -2.08. The summed E-state index contributed by atoms with van der Waals surface area (Å²) in [6, 6.07) is 21.5. The van der Waals surface area contributed by atoms with E-state index in [9.17, 15) is 18.0 Å². The summed E-state index contributed by atoms with van der Waals surface area (Å²) in [5.41, 5.74) is 2.15. The van der Waals surface area contributed by atoms with E-state index in [0.29, 0.717) is 23.5 Å². The zero-order valence-electron chi connectivity index (χ0n) is 17.2. The number of hydrogen-bond donors (Lipinski definition) is 2. The first-order valence-electron chi connectivity index (χ1n) is 9.55. The molecule has 0 heterocycles. The minimum atomic E-state index is -3.76. The number of nitrogens with zero attached hydrogens (tertiary/aromatic N) is 1. The van der Waals surface area contributed by atoms with Crippen LogP contribution in [-0.2, 0) is 21.4 Å². The van der Waals surface area contributed by atoms with Gasteiger partial charge in [0.2, 0.25) is 5.91 Å². The number of amides is 2. The molecule has 0 atom stereocenters. The van der Waals surface area contributed by atoms with E-state index in [1.807, 2.05) is 12.1 Å². The fourth-order valence-corrected chi connectivity index (χ4v) is 3.91. The summed E-state index contributed by atoms with van der Waals surface area (Å²) < 4.78 is 27.6. The predicted octanol–water partition coefficient (Wildman–Crippen LogP) is 3.72. The lowest BCUT2D eigenvalue weighted by Gasteiger charge is -2.18. The molecule has 3 aromatic carbocycles. The van der Waals surface area contributed by atoms with Crippen molar-refractivity contribution in [2.75, 3.05) is 17.1 Å². The number of sulfonamides is 1. The Bertz CT molecular complexity index is 1180. The molecule has 0 aliphatic carbocycles. The van der Waals surface area contributed by atoms with E-state index in [0.717, 1.165) is 5.56 Å². The van der Waals surface area contributed by atoms with Gasteiger partial charge in [-0.1, -0.05) is 36.4 Å². The maximum absolute atomic E-state index is 12.7. The molecular weight excluding hydrogens is 414 g/mol. The number of carbonyl (C=O) groups is 2. The molecule has 3 rings (SSSR count). The van der Waals surface area contributed by atoms with Crippen molar-refractivity contribution < 1.29 is 18.0 Å². The first kappa shape index (κ1) is 22.0. The largest absolute Gasteiger partial charge is 0.342 e. The van der Waals surface area contributed by atoms with Gasteiger partial charge in [0, 0.05) is 37.5 Å². The number of benzene rings is 3. The number of nitrogens with one attached hydrogen (secondary N) is 2. The van der Waals surface area contributed by atoms with Crippen LogP contribution in [0.25, 0.3) is 0 Å². The molecule has 0 fully saturated rings. The number of anilines is 2. The van der Waals surface area contributed by atoms with E-state index >= 15 is 0 Å². The Hall–Kier alpha value is -3.65. The molecule has 0 aromatic heterocycles. The summed E-state index contributed by atoms with van der Waals surface area (Å²) in [6.45, 7) is 1.83. The van der Waals surface area contributed by atoms with Crippen LogP contribution in [0.4, 0.5) is 11.4 Å². The van der Waals surface area contributed by atoms with E-state index in [1.54, 1.807) is 54.4 Å². The number of hydrogen-bond acceptors (Lipinski definition) is 4. The van der Waals surface area contributed by atoms with Crippen LogP contribution >= 0.6 is 0 Å². The summed E-state index contributed by atoms with van der Waals surface area (Å²) in [6.07, 6.45) is 0. The second kappa shape index (κ2) is 9.44. The molecule has 0 unspecified atom stereocenters. The van der Waals surface area contributed by atoms with Crippen LogP contribution in [0.5, 0.6) is 0 Å². The zero-order chi connectivity index (χ0) is 22.4. The Morgan fingerprint density at radius 1 is 0.871 bits per heavy atom. The third-order valence-corrected chi connectivity index (χ3v) is 6.06. The zero-order valence-corrected chi connectivity index (χ0v) is 18.0. The molecule has 31 heavy (non-hydrogen) atoms. The van der Waals surface area contributed by atoms with E-state index in [1.165, 1.54) is 31.2 Å². The summed E-state index contributed by atoms with van der Waals surface area (Å²) in [5, 5.41) is 2.83. The van der Waals surface area contributed by atoms with Crippen LogP contribution in [0, 0.1) is 0 Å². The van der Waals surface area contributed by atoms with Gasteiger partial charge in [0.15, 0.2) is 0 Å². The van der Waals surface area contributed by atoms with Gasteiger partial charge in [0.25, 0.3) is 15.9 Å². The normalized spacial score (nSPS) is 10.9. The maximum Gasteiger partial charge on any atom is 0.261 e. The van der Waals surface area contributed by atoms with Crippen LogP contribution in [-0.4, -0.2) is 32.2 Å². The Balaban J connectivity index is 1.74. The lowest BCUT2D eigenvalue weighted by atomic mass is 10.1. The first-order chi connectivity index (χ1) is 14.8. The van der Waals surface area contributed by atoms with Gasteiger partial charge in [-0.25, -0.2) is 8.42 Å². The molecule has 0 saturated carbocycles. The van der Waals surface area contributed by atoms with Gasteiger partial charge in [0.1, 0.15) is 0 Å². The minimum Gasteiger partial charge on any atom is -0.342 e. The molecule has 2 amide bonds. The second-order valence-electron chi connectivity index (χ2n) is 6.98. The van der Waals surface area contributed by atoms with Gasteiger partial charge in [-0.2, -0.15) is 0 Å². The van der Waals surface area contributed by atoms with E-state index < -0.39 is 10.0 Å². The van der Waals surface area contributed by atoms with E-state index in [4.69, 9.17) is 0 Å². The fraction of sp³-hybridized carbons (Fsp3) is 0.130. The average molecular weight is 438 g/mol. The molecule has 0 bridgehead atoms. The highest BCUT2D eigenvalue weighted by Gasteiger charge is 2.16. The minimum absolute atomic E-state index is 0.0522. The van der Waals surface area contributed by atoms with Gasteiger partial charge < -0.3 is 10.2 Å². The molecule has 0 saturated heterocycles. The molecule has 7 nitrogen and oxygen atoms in total. The Morgan fingerprint density at radius 3 is 2.13 bits per heavy atom. The highest BCUT2D eigenvalue weighted by atomic mass is 32.2. The van der Waals surface area contributed by atoms with Gasteiger partial charge >= 0.3 is 0 Å². The van der Waals surface area contributed by atoms with Crippen molar-refractivity contribution >= 4 is 33.2 Å². The third-order valence-electron chi connectivity index (χ3n) is 4.66. The fourth-order valence-electron chi connectivity index (χ4n) is 2.85. The lowest BCUT2D eigenvalue weighted by molar-refractivity contribution is -0.128. The van der Waals surface area contributed by atoms with E-state index in [2.05, 4.69) is 10.0 Å². The monoisotopic (exact) mass is 437 g/mol. The summed E-state index contributed by atoms with van der Waals surface area (Å²) in [4.78, 5) is 25.8. The molecule has 2 N–H and O–H groups in total. The van der Waals surface area contributed by atoms with Gasteiger partial charge in [-0.05, 0) is 48.0 Å². The molecule has 0 aliphatic heterocycles. The summed E-state index contributed by atoms with van der Waals surface area (Å²) >= 11 is 0. The molecule has 8 heteroatoms. The van der Waals surface area contributed by atoms with Crippen molar-refractivity contribution in [2.24, 2.45) is 0 Å². The van der Waals surface area contributed by atoms with Gasteiger partial charge in [0.05, 0.1) is 4.90 Å². The van der Waals surface area contributed by atoms with Crippen LogP contribution in [0.3, 0.4) is 0 Å². The quantitative estimate of drug-likeness (QED) is 0.589. The third kappa shape index (κ3) is 5.70. The molecular formula is C23H23N3O4S. The van der Waals surface area contributed by atoms with Crippen molar-refractivity contribution in [3.63, 3.8) is 0 Å². The second-order valence-corrected chi connectivity index (χ2v) is 8.66. The SMILES string of the molecule is CC(=O)N(C)Cc1ccccc1NC(=O)c1ccc(S(=O)(=O)Nc2ccccc2)cc1. The topological polar surface area (TPSA) is 95.6 Å². The van der Waals surface area contributed by atoms with Crippen molar-refractivity contribution in [2.45, 2.75) is 18.4 Å². The number of rotatable bonds is 7. The predicted molar refractivity (Wildman–Crippen MR) is 120 cm³/mol. The summed E-state index contributed by atoms with van der Waals surface area (Å²) in [5.74, 6) is -0.458. The molecule has 0 spiro atoms. The highest BCUT2D eigenvalue weighted by Crippen LogP contribution is 2.20. The van der Waals surface area contributed by atoms with Crippen molar-refractivity contribution in [1.29, 1.82) is 0 Å². The standard InChI is InChI=1S/C23H23N3O4S/c1-17(27)26(2)16-19-8-6-7-11-22(19)24-23(28)18-12-14-21(15-13-18)31(29,30)25-20-9-4-3-5-10-20/h3-15,25H,16H2,1-2H3,(H,24,28). The van der Waals surface area contributed by atoms with Crippen molar-refractivity contribution in [3.8, 4) is 0 Å². The Kier molecular flexibility index (Phi) is 6.71. The highest BCUT2D eigenvalue weighted by molar-refractivity contribution is 7.92. The smallest absolute Gasteiger partial charge is 0.261 e. The first-order valence-corrected chi connectivity index (χ1v) is 11.0. The van der Waals surface area contributed by atoms with Gasteiger partial charge in [-0.15, -0.1) is 0 Å². The number of carbonyl (C=O) groups excluding carboxylic acids is 2. The van der Waals surface area contributed by atoms with Crippen molar-refractivity contribution in [3.05, 3.63) is 90.0 Å². The number of para-hydroxylation sites is 2. The molecule has 0 aliphatic rings. The molecule has 0 radical (unpaired) electrons. The van der Waals surface area contributed by atoms with Crippen molar-refractivity contribution in [1.82, 2.24) is 4.90 Å². The van der Waals surface area contributed by atoms with Crippen LogP contribution in [0.15, 0.2) is 83.8 Å². The lowest BCUT2D eigenvalue weighted by Crippen LogP contribution is -2.24. The van der Waals surface area contributed by atoms with E-state index in [-0.39, 0.29) is 16.7 Å². The van der Waals surface area contributed by atoms with Crippen LogP contribution in [0.1, 0.15) is 22.8 Å². The Labute approximate surface area is 181 Å². The van der Waals surface area contributed by atoms with Crippen LogP contribution < -0.4 is 10.0 Å². The Morgan fingerprint density at radius 2 is 1.48 bits per heavy atom. The van der Waals surface area contributed by atoms with Crippen LogP contribution in [0.2, 0.25) is 0 Å². The molecule has 160 valence electrons. The van der Waals surface area contributed by atoms with Gasteiger partial charge in [-0.3, -0.25) is 14.3 Å². The maximum atomic E-state index is 12.7.